The molecule has 0 bridgehead atoms. The van der Waals surface area contributed by atoms with E-state index in [4.69, 9.17) is 0 Å². The Kier molecular flexibility index (Phi) is 2.71. The van der Waals surface area contributed by atoms with Crippen LogP contribution in [0.5, 0.6) is 0 Å². The number of ketones is 1. The van der Waals surface area contributed by atoms with E-state index >= 15 is 0 Å². The van der Waals surface area contributed by atoms with Gasteiger partial charge < -0.3 is 0 Å². The van der Waals surface area contributed by atoms with Crippen molar-refractivity contribution in [2.45, 2.75) is 12.8 Å². The molecule has 0 saturated heterocycles. The summed E-state index contributed by atoms with van der Waals surface area (Å²) in [4.78, 5) is 11.9. The molecule has 0 unspecified atom stereocenters. The Bertz CT molecular complexity index is 518. The van der Waals surface area contributed by atoms with Gasteiger partial charge in [-0.05, 0) is 25.0 Å². The van der Waals surface area contributed by atoms with Crippen LogP contribution >= 0.6 is 0 Å². The third kappa shape index (κ3) is 2.61. The topological polar surface area (TPSA) is 63.2 Å². The second kappa shape index (κ2) is 3.90. The number of nitrogens with one attached hydrogen (secondary N) is 1. The molecule has 0 amide bonds. The Labute approximate surface area is 94.7 Å². The number of hydrogen-bond donors (Lipinski definition) is 1. The molecule has 4 nitrogen and oxygen atoms in total. The lowest BCUT2D eigenvalue weighted by molar-refractivity contribution is 0.0968. The lowest BCUT2D eigenvalue weighted by Crippen LogP contribution is -2.13. The van der Waals surface area contributed by atoms with Gasteiger partial charge in [-0.1, -0.05) is 12.1 Å². The standard InChI is InChI=1S/C11H13NO3S/c1-16(14,15)12-10-5-3-2-4-9(10)11(13)8-6-7-8/h2-5,8,12H,6-7H2,1H3. The number of sulfonamides is 1. The van der Waals surface area contributed by atoms with Crippen LogP contribution in [0.3, 0.4) is 0 Å². The van der Waals surface area contributed by atoms with E-state index in [1.54, 1.807) is 24.3 Å². The van der Waals surface area contributed by atoms with Gasteiger partial charge in [0.05, 0.1) is 11.9 Å². The minimum absolute atomic E-state index is 0.0340. The fourth-order valence-corrected chi connectivity index (χ4v) is 2.13. The average Bonchev–Trinajstić information content (AvgIpc) is 2.98. The summed E-state index contributed by atoms with van der Waals surface area (Å²) in [6.07, 6.45) is 2.89. The van der Waals surface area contributed by atoms with Gasteiger partial charge in [-0.15, -0.1) is 0 Å². The van der Waals surface area contributed by atoms with Crippen LogP contribution in [0.1, 0.15) is 23.2 Å². The number of hydrogen-bond acceptors (Lipinski definition) is 3. The number of anilines is 1. The molecule has 16 heavy (non-hydrogen) atoms. The zero-order valence-corrected chi connectivity index (χ0v) is 9.75. The molecule has 1 N–H and O–H groups in total. The molecule has 0 atom stereocenters. The zero-order chi connectivity index (χ0) is 11.8. The lowest BCUT2D eigenvalue weighted by atomic mass is 10.1. The van der Waals surface area contributed by atoms with Crippen LogP contribution in [0.15, 0.2) is 24.3 Å². The van der Waals surface area contributed by atoms with Crippen molar-refractivity contribution in [2.24, 2.45) is 5.92 Å². The highest BCUT2D eigenvalue weighted by Gasteiger charge is 2.31. The molecule has 1 aromatic carbocycles. The Morgan fingerprint density at radius 2 is 1.94 bits per heavy atom. The molecule has 0 heterocycles. The van der Waals surface area contributed by atoms with Crippen molar-refractivity contribution in [3.8, 4) is 0 Å². The minimum atomic E-state index is -3.34. The lowest BCUT2D eigenvalue weighted by Gasteiger charge is -2.08. The number of carbonyl (C=O) groups excluding carboxylic acids is 1. The summed E-state index contributed by atoms with van der Waals surface area (Å²) < 4.78 is 24.6. The molecule has 1 aliphatic rings. The van der Waals surface area contributed by atoms with Crippen LogP contribution in [0.4, 0.5) is 5.69 Å². The normalized spacial score (nSPS) is 15.8. The van der Waals surface area contributed by atoms with E-state index in [0.717, 1.165) is 19.1 Å². The van der Waals surface area contributed by atoms with Crippen LogP contribution in [-0.2, 0) is 10.0 Å². The molecular weight excluding hydrogens is 226 g/mol. The van der Waals surface area contributed by atoms with Gasteiger partial charge in [0.2, 0.25) is 10.0 Å². The smallest absolute Gasteiger partial charge is 0.229 e. The third-order valence-corrected chi connectivity index (χ3v) is 3.03. The molecule has 1 saturated carbocycles. The van der Waals surface area contributed by atoms with E-state index in [-0.39, 0.29) is 11.7 Å². The fourth-order valence-electron chi connectivity index (χ4n) is 1.55. The predicted octanol–water partition coefficient (Wildman–Crippen LogP) is 1.65. The highest BCUT2D eigenvalue weighted by atomic mass is 32.2. The summed E-state index contributed by atoms with van der Waals surface area (Å²) in [6, 6.07) is 6.71. The van der Waals surface area contributed by atoms with Gasteiger partial charge in [-0.3, -0.25) is 9.52 Å². The van der Waals surface area contributed by atoms with Crippen LogP contribution in [0.25, 0.3) is 0 Å². The molecule has 0 radical (unpaired) electrons. The summed E-state index contributed by atoms with van der Waals surface area (Å²) in [5, 5.41) is 0. The second-order valence-corrected chi connectivity index (χ2v) is 5.81. The Balaban J connectivity index is 2.33. The van der Waals surface area contributed by atoms with E-state index in [0.29, 0.717) is 11.3 Å². The number of benzene rings is 1. The molecule has 0 spiro atoms. The quantitative estimate of drug-likeness (QED) is 0.812. The highest BCUT2D eigenvalue weighted by Crippen LogP contribution is 2.34. The molecule has 2 rings (SSSR count). The summed E-state index contributed by atoms with van der Waals surface area (Å²) >= 11 is 0. The first-order valence-electron chi connectivity index (χ1n) is 5.08. The molecule has 5 heteroatoms. The SMILES string of the molecule is CS(=O)(=O)Nc1ccccc1C(=O)C1CC1. The maximum absolute atomic E-state index is 11.9. The van der Waals surface area contributed by atoms with Crippen molar-refractivity contribution >= 4 is 21.5 Å². The van der Waals surface area contributed by atoms with E-state index in [9.17, 15) is 13.2 Å². The number of carbonyl (C=O) groups is 1. The van der Waals surface area contributed by atoms with E-state index in [1.807, 2.05) is 0 Å². The summed E-state index contributed by atoms with van der Waals surface area (Å²) in [6.45, 7) is 0. The molecule has 0 aliphatic heterocycles. The van der Waals surface area contributed by atoms with Crippen molar-refractivity contribution in [3.05, 3.63) is 29.8 Å². The number of Topliss-reactive ketones (excluding diaryl/α,β-unsaturated/α-hetero) is 1. The summed E-state index contributed by atoms with van der Waals surface area (Å²) in [7, 11) is -3.34. The van der Waals surface area contributed by atoms with Crippen LogP contribution in [0, 0.1) is 5.92 Å². The average molecular weight is 239 g/mol. The maximum Gasteiger partial charge on any atom is 0.229 e. The van der Waals surface area contributed by atoms with Crippen molar-refractivity contribution in [3.63, 3.8) is 0 Å². The minimum Gasteiger partial charge on any atom is -0.294 e. The zero-order valence-electron chi connectivity index (χ0n) is 8.93. The largest absolute Gasteiger partial charge is 0.294 e. The van der Waals surface area contributed by atoms with Gasteiger partial charge in [-0.2, -0.15) is 0 Å². The van der Waals surface area contributed by atoms with Crippen molar-refractivity contribution in [1.29, 1.82) is 0 Å². The van der Waals surface area contributed by atoms with E-state index in [2.05, 4.69) is 4.72 Å². The number of rotatable bonds is 4. The first-order valence-corrected chi connectivity index (χ1v) is 6.97. The molecule has 1 fully saturated rings. The molecule has 0 aromatic heterocycles. The maximum atomic E-state index is 11.9. The monoisotopic (exact) mass is 239 g/mol. The fraction of sp³-hybridized carbons (Fsp3) is 0.364. The third-order valence-electron chi connectivity index (χ3n) is 2.44. The highest BCUT2D eigenvalue weighted by molar-refractivity contribution is 7.92. The first-order chi connectivity index (χ1) is 7.47. The second-order valence-electron chi connectivity index (χ2n) is 4.06. The van der Waals surface area contributed by atoms with E-state index < -0.39 is 10.0 Å². The molecular formula is C11H13NO3S. The molecule has 1 aromatic rings. The van der Waals surface area contributed by atoms with Crippen LogP contribution < -0.4 is 4.72 Å². The Morgan fingerprint density at radius 3 is 2.50 bits per heavy atom. The molecule has 1 aliphatic carbocycles. The van der Waals surface area contributed by atoms with Crippen LogP contribution in [-0.4, -0.2) is 20.5 Å². The predicted molar refractivity (Wildman–Crippen MR) is 62.0 cm³/mol. The summed E-state index contributed by atoms with van der Waals surface area (Å²) in [5.74, 6) is 0.120. The number of para-hydroxylation sites is 1. The van der Waals surface area contributed by atoms with Gasteiger partial charge in [0.1, 0.15) is 0 Å². The van der Waals surface area contributed by atoms with Crippen molar-refractivity contribution < 1.29 is 13.2 Å². The van der Waals surface area contributed by atoms with Crippen LogP contribution in [0.2, 0.25) is 0 Å². The van der Waals surface area contributed by atoms with Gasteiger partial charge in [-0.25, -0.2) is 8.42 Å². The van der Waals surface area contributed by atoms with Gasteiger partial charge in [0.25, 0.3) is 0 Å². The van der Waals surface area contributed by atoms with Crippen molar-refractivity contribution in [2.75, 3.05) is 11.0 Å². The first kappa shape index (κ1) is 11.1. The Morgan fingerprint density at radius 1 is 1.31 bits per heavy atom. The van der Waals surface area contributed by atoms with E-state index in [1.165, 1.54) is 0 Å². The van der Waals surface area contributed by atoms with Gasteiger partial charge in [0.15, 0.2) is 5.78 Å². The van der Waals surface area contributed by atoms with Gasteiger partial charge >= 0.3 is 0 Å². The van der Waals surface area contributed by atoms with Gasteiger partial charge in [0, 0.05) is 11.5 Å². The Hall–Kier alpha value is -1.36. The van der Waals surface area contributed by atoms with Crippen molar-refractivity contribution in [1.82, 2.24) is 0 Å². The summed E-state index contributed by atoms with van der Waals surface area (Å²) in [5.41, 5.74) is 0.845. The molecule has 86 valence electrons.